The zero-order valence-corrected chi connectivity index (χ0v) is 11.4. The number of amidine groups is 1. The standard InChI is InChI=1S/C11H9ClFN3O2S/c1-18-8-3-2-7(13)10(12)6(8)4-14-16-11-15-9(17)5-19-11/h2-4H,5H2,1H3,(H,15,16,17). The van der Waals surface area contributed by atoms with E-state index in [1.54, 1.807) is 0 Å². The first-order valence-electron chi connectivity index (χ1n) is 5.17. The van der Waals surface area contributed by atoms with Gasteiger partial charge in [-0.05, 0) is 12.1 Å². The van der Waals surface area contributed by atoms with Gasteiger partial charge in [-0.3, -0.25) is 4.79 Å². The van der Waals surface area contributed by atoms with Crippen molar-refractivity contribution in [2.45, 2.75) is 0 Å². The molecule has 0 bridgehead atoms. The van der Waals surface area contributed by atoms with Crippen molar-refractivity contribution in [2.24, 2.45) is 10.2 Å². The van der Waals surface area contributed by atoms with Gasteiger partial charge in [-0.25, -0.2) is 4.39 Å². The van der Waals surface area contributed by atoms with Gasteiger partial charge in [0.2, 0.25) is 5.91 Å². The molecule has 1 aliphatic heterocycles. The SMILES string of the molecule is COc1ccc(F)c(Cl)c1C=NN=C1NC(=O)CS1. The van der Waals surface area contributed by atoms with E-state index in [0.717, 1.165) is 0 Å². The Kier molecular flexibility index (Phi) is 4.39. The third-order valence-corrected chi connectivity index (χ3v) is 3.48. The smallest absolute Gasteiger partial charge is 0.236 e. The summed E-state index contributed by atoms with van der Waals surface area (Å²) < 4.78 is 18.4. The van der Waals surface area contributed by atoms with Gasteiger partial charge < -0.3 is 10.1 Å². The molecule has 0 spiro atoms. The Morgan fingerprint density at radius 1 is 1.58 bits per heavy atom. The van der Waals surface area contributed by atoms with Crippen LogP contribution in [0.2, 0.25) is 5.02 Å². The van der Waals surface area contributed by atoms with E-state index in [1.807, 2.05) is 0 Å². The van der Waals surface area contributed by atoms with E-state index < -0.39 is 5.82 Å². The second-order valence-corrected chi connectivity index (χ2v) is 4.81. The highest BCUT2D eigenvalue weighted by molar-refractivity contribution is 8.15. The molecule has 1 fully saturated rings. The number of halogens is 2. The number of amides is 1. The number of nitrogens with one attached hydrogen (secondary N) is 1. The summed E-state index contributed by atoms with van der Waals surface area (Å²) in [4.78, 5) is 10.9. The summed E-state index contributed by atoms with van der Waals surface area (Å²) in [7, 11) is 1.44. The van der Waals surface area contributed by atoms with Gasteiger partial charge in [0.15, 0.2) is 5.17 Å². The van der Waals surface area contributed by atoms with Gasteiger partial charge in [0.1, 0.15) is 11.6 Å². The number of hydrogen-bond donors (Lipinski definition) is 1. The minimum absolute atomic E-state index is 0.0913. The number of rotatable bonds is 3. The summed E-state index contributed by atoms with van der Waals surface area (Å²) in [5.74, 6) is 0.0113. The molecule has 100 valence electrons. The summed E-state index contributed by atoms with van der Waals surface area (Å²) in [5.41, 5.74) is 0.294. The number of thioether (sulfide) groups is 1. The summed E-state index contributed by atoms with van der Waals surface area (Å²) in [6.45, 7) is 0. The Bertz CT molecular complexity index is 577. The topological polar surface area (TPSA) is 63.1 Å². The first-order chi connectivity index (χ1) is 9.11. The van der Waals surface area contributed by atoms with E-state index in [1.165, 1.54) is 37.2 Å². The first kappa shape index (κ1) is 13.8. The van der Waals surface area contributed by atoms with Crippen LogP contribution in [0.3, 0.4) is 0 Å². The molecule has 0 atom stereocenters. The van der Waals surface area contributed by atoms with Crippen LogP contribution in [-0.4, -0.2) is 30.2 Å². The predicted molar refractivity (Wildman–Crippen MR) is 73.6 cm³/mol. The van der Waals surface area contributed by atoms with E-state index in [2.05, 4.69) is 15.5 Å². The van der Waals surface area contributed by atoms with Crippen LogP contribution in [0.5, 0.6) is 5.75 Å². The number of nitrogens with zero attached hydrogens (tertiary/aromatic N) is 2. The molecule has 1 saturated heterocycles. The third kappa shape index (κ3) is 3.24. The van der Waals surface area contributed by atoms with Gasteiger partial charge >= 0.3 is 0 Å². The van der Waals surface area contributed by atoms with Gasteiger partial charge in [0.05, 0.1) is 29.7 Å². The zero-order chi connectivity index (χ0) is 13.8. The molecule has 1 aliphatic rings. The fourth-order valence-corrected chi connectivity index (χ4v) is 2.20. The summed E-state index contributed by atoms with van der Waals surface area (Å²) >= 11 is 7.07. The molecule has 8 heteroatoms. The fraction of sp³-hybridized carbons (Fsp3) is 0.182. The van der Waals surface area contributed by atoms with E-state index in [-0.39, 0.29) is 10.9 Å². The molecule has 19 heavy (non-hydrogen) atoms. The van der Waals surface area contributed by atoms with Crippen molar-refractivity contribution in [2.75, 3.05) is 12.9 Å². The third-order valence-electron chi connectivity index (χ3n) is 2.23. The number of benzene rings is 1. The molecule has 1 amide bonds. The average Bonchev–Trinajstić information content (AvgIpc) is 2.80. The van der Waals surface area contributed by atoms with E-state index in [9.17, 15) is 9.18 Å². The van der Waals surface area contributed by atoms with Gasteiger partial charge in [-0.2, -0.15) is 5.10 Å². The van der Waals surface area contributed by atoms with Crippen molar-refractivity contribution in [1.29, 1.82) is 0 Å². The molecule has 1 aromatic rings. The number of carbonyl (C=O) groups is 1. The van der Waals surface area contributed by atoms with Crippen molar-refractivity contribution < 1.29 is 13.9 Å². The Hall–Kier alpha value is -1.60. The molecule has 0 saturated carbocycles. The van der Waals surface area contributed by atoms with Crippen molar-refractivity contribution >= 4 is 40.7 Å². The number of carbonyl (C=O) groups excluding carboxylic acids is 1. The average molecular weight is 302 g/mol. The molecule has 1 aromatic carbocycles. The Balaban J connectivity index is 2.23. The highest BCUT2D eigenvalue weighted by Gasteiger charge is 2.16. The van der Waals surface area contributed by atoms with Crippen LogP contribution < -0.4 is 10.1 Å². The molecule has 1 heterocycles. The molecule has 0 aliphatic carbocycles. The molecule has 0 radical (unpaired) electrons. The van der Waals surface area contributed by atoms with Gasteiger partial charge in [0, 0.05) is 0 Å². The fourth-order valence-electron chi connectivity index (χ4n) is 1.37. The highest BCUT2D eigenvalue weighted by atomic mass is 35.5. The lowest BCUT2D eigenvalue weighted by Gasteiger charge is -2.06. The van der Waals surface area contributed by atoms with E-state index >= 15 is 0 Å². The monoisotopic (exact) mass is 301 g/mol. The first-order valence-corrected chi connectivity index (χ1v) is 6.54. The minimum atomic E-state index is -0.569. The minimum Gasteiger partial charge on any atom is -0.496 e. The van der Waals surface area contributed by atoms with Crippen molar-refractivity contribution in [3.05, 3.63) is 28.5 Å². The predicted octanol–water partition coefficient (Wildman–Crippen LogP) is 2.04. The zero-order valence-electron chi connectivity index (χ0n) is 9.81. The second-order valence-electron chi connectivity index (χ2n) is 3.46. The Morgan fingerprint density at radius 2 is 2.37 bits per heavy atom. The van der Waals surface area contributed by atoms with Crippen molar-refractivity contribution in [3.8, 4) is 5.75 Å². The van der Waals surface area contributed by atoms with Crippen LogP contribution in [0.4, 0.5) is 4.39 Å². The molecule has 2 rings (SSSR count). The maximum Gasteiger partial charge on any atom is 0.236 e. The molecule has 0 aromatic heterocycles. The molecular weight excluding hydrogens is 293 g/mol. The largest absolute Gasteiger partial charge is 0.496 e. The molecular formula is C11H9ClFN3O2S. The van der Waals surface area contributed by atoms with Crippen LogP contribution in [0.15, 0.2) is 22.3 Å². The lowest BCUT2D eigenvalue weighted by Crippen LogP contribution is -2.19. The lowest BCUT2D eigenvalue weighted by molar-refractivity contribution is -0.116. The maximum atomic E-state index is 13.3. The number of methoxy groups -OCH3 is 1. The number of ether oxygens (including phenoxy) is 1. The molecule has 0 unspecified atom stereocenters. The van der Waals surface area contributed by atoms with Crippen LogP contribution in [0, 0.1) is 5.82 Å². The Morgan fingerprint density at radius 3 is 3.00 bits per heavy atom. The van der Waals surface area contributed by atoms with Crippen LogP contribution >= 0.6 is 23.4 Å². The van der Waals surface area contributed by atoms with Crippen LogP contribution in [-0.2, 0) is 4.79 Å². The summed E-state index contributed by atoms with van der Waals surface area (Å²) in [6, 6.07) is 2.65. The second kappa shape index (κ2) is 6.03. The summed E-state index contributed by atoms with van der Waals surface area (Å²) in [6.07, 6.45) is 1.28. The lowest BCUT2D eigenvalue weighted by atomic mass is 10.2. The molecule has 1 N–H and O–H groups in total. The Labute approximate surface area is 117 Å². The quantitative estimate of drug-likeness (QED) is 0.686. The van der Waals surface area contributed by atoms with Gasteiger partial charge in [0.25, 0.3) is 0 Å². The maximum absolute atomic E-state index is 13.3. The highest BCUT2D eigenvalue weighted by Crippen LogP contribution is 2.27. The van der Waals surface area contributed by atoms with E-state index in [0.29, 0.717) is 22.2 Å². The van der Waals surface area contributed by atoms with Crippen molar-refractivity contribution in [3.63, 3.8) is 0 Å². The van der Waals surface area contributed by atoms with Gasteiger partial charge in [-0.1, -0.05) is 23.4 Å². The van der Waals surface area contributed by atoms with Crippen LogP contribution in [0.1, 0.15) is 5.56 Å². The van der Waals surface area contributed by atoms with Gasteiger partial charge in [-0.15, -0.1) is 5.10 Å². The normalized spacial score (nSPS) is 17.2. The van der Waals surface area contributed by atoms with Crippen molar-refractivity contribution in [1.82, 2.24) is 5.32 Å². The molecule has 5 nitrogen and oxygen atoms in total. The summed E-state index contributed by atoms with van der Waals surface area (Å²) in [5, 5.41) is 10.4. The van der Waals surface area contributed by atoms with E-state index in [4.69, 9.17) is 16.3 Å². The van der Waals surface area contributed by atoms with Crippen LogP contribution in [0.25, 0.3) is 0 Å². The number of hydrogen-bond acceptors (Lipinski definition) is 5.